The summed E-state index contributed by atoms with van der Waals surface area (Å²) in [6, 6.07) is 53.0. The number of aromatic nitrogens is 1. The molecule has 0 spiro atoms. The normalized spacial score (nSPS) is 13.8. The maximum Gasteiger partial charge on any atom is 0.0750 e. The van der Waals surface area contributed by atoms with E-state index >= 15 is 0 Å². The minimum Gasteiger partial charge on any atom is -0.309 e. The average Bonchev–Trinajstić information content (AvgIpc) is 3.53. The Balaban J connectivity index is 1.29. The van der Waals surface area contributed by atoms with E-state index in [-0.39, 0.29) is 0 Å². The van der Waals surface area contributed by atoms with Crippen LogP contribution in [0, 0.1) is 5.41 Å². The van der Waals surface area contributed by atoms with Crippen LogP contribution >= 0.6 is 0 Å². The highest BCUT2D eigenvalue weighted by atomic mass is 14.7. The number of pyridine rings is 1. The lowest BCUT2D eigenvalue weighted by Crippen LogP contribution is -2.24. The van der Waals surface area contributed by atoms with Crippen molar-refractivity contribution in [3.63, 3.8) is 0 Å². The van der Waals surface area contributed by atoms with E-state index in [2.05, 4.69) is 146 Å². The number of hydrogen-bond donors (Lipinski definition) is 1. The van der Waals surface area contributed by atoms with Crippen LogP contribution in [0.4, 0.5) is 0 Å². The highest BCUT2D eigenvalue weighted by Crippen LogP contribution is 2.58. The van der Waals surface area contributed by atoms with Crippen molar-refractivity contribution < 1.29 is 0 Å². The van der Waals surface area contributed by atoms with Crippen LogP contribution in [0.5, 0.6) is 0 Å². The van der Waals surface area contributed by atoms with Gasteiger partial charge in [0, 0.05) is 11.8 Å². The van der Waals surface area contributed by atoms with E-state index in [9.17, 15) is 0 Å². The van der Waals surface area contributed by atoms with Crippen LogP contribution in [-0.4, -0.2) is 11.2 Å². The van der Waals surface area contributed by atoms with Crippen LogP contribution in [0.2, 0.25) is 0 Å². The number of nitrogens with one attached hydrogen (secondary N) is 1. The van der Waals surface area contributed by atoms with Gasteiger partial charge in [0.05, 0.1) is 11.4 Å². The van der Waals surface area contributed by atoms with Crippen molar-refractivity contribution >= 4 is 39.9 Å². The lowest BCUT2D eigenvalue weighted by molar-refractivity contribution is 0.683. The monoisotopic (exact) mass is 664 g/mol. The van der Waals surface area contributed by atoms with Gasteiger partial charge in [0.1, 0.15) is 0 Å². The van der Waals surface area contributed by atoms with E-state index in [0.29, 0.717) is 0 Å². The molecule has 1 heterocycles. The van der Waals surface area contributed by atoms with Crippen molar-refractivity contribution in [3.05, 3.63) is 173 Å². The first-order chi connectivity index (χ1) is 25.8. The molecule has 0 saturated heterocycles. The van der Waals surface area contributed by atoms with Crippen molar-refractivity contribution in [2.45, 2.75) is 25.7 Å². The molecular formula is C50H36N2. The summed E-state index contributed by atoms with van der Waals surface area (Å²) in [6.45, 7) is 0. The molecule has 1 aromatic heterocycles. The minimum atomic E-state index is 0.969. The third-order valence-corrected chi connectivity index (χ3v) is 11.1. The van der Waals surface area contributed by atoms with Crippen LogP contribution in [-0.2, 0) is 12.8 Å². The van der Waals surface area contributed by atoms with Gasteiger partial charge in [-0.1, -0.05) is 140 Å². The molecule has 0 saturated carbocycles. The van der Waals surface area contributed by atoms with Crippen LogP contribution < -0.4 is 10.4 Å². The molecule has 0 bridgehead atoms. The Morgan fingerprint density at radius 1 is 0.500 bits per heavy atom. The van der Waals surface area contributed by atoms with Gasteiger partial charge in [0.2, 0.25) is 0 Å². The minimum absolute atomic E-state index is 0.969. The topological polar surface area (TPSA) is 36.7 Å². The van der Waals surface area contributed by atoms with Crippen molar-refractivity contribution in [2.75, 3.05) is 0 Å². The molecule has 2 nitrogen and oxygen atoms in total. The SMILES string of the molecule is N=C/C=c1/cccc/c1=C\c1cc2c(c(-c3ccc4c5c(cccc35)-c3c-4c(-c4ccccc4)c4ccccc4c3-c3ccccc3)n1)CCCC2. The second-order valence-corrected chi connectivity index (χ2v) is 14.0. The first-order valence-electron chi connectivity index (χ1n) is 18.4. The number of aryl methyl sites for hydroxylation is 1. The Hall–Kier alpha value is -6.38. The molecule has 0 fully saturated rings. The van der Waals surface area contributed by atoms with E-state index in [1.165, 1.54) is 102 Å². The fourth-order valence-corrected chi connectivity index (χ4v) is 8.92. The first-order valence-corrected chi connectivity index (χ1v) is 18.4. The standard InChI is InChI=1S/C50H36N2/c51-29-28-32-14-7-8-19-35(32)30-37-31-36-20-9-10-21-38(36)50(52-37)42-26-27-44-47-41(42)24-13-25-43(47)48-45(33-15-3-1-4-16-33)39-22-11-12-23-40(39)46(49(44)48)34-17-5-2-6-18-34/h1-8,11-19,22-31,51H,9-10,20-21H2/b32-28-,35-30+,51-29?. The molecule has 1 N–H and O–H groups in total. The molecule has 52 heavy (non-hydrogen) atoms. The van der Waals surface area contributed by atoms with Gasteiger partial charge < -0.3 is 5.41 Å². The molecule has 7 aromatic carbocycles. The third kappa shape index (κ3) is 4.79. The third-order valence-electron chi connectivity index (χ3n) is 11.1. The van der Waals surface area contributed by atoms with Gasteiger partial charge in [0.15, 0.2) is 0 Å². The first kappa shape index (κ1) is 30.4. The van der Waals surface area contributed by atoms with Crippen LogP contribution in [0.15, 0.2) is 146 Å². The quantitative estimate of drug-likeness (QED) is 0.183. The molecule has 10 rings (SSSR count). The number of rotatable bonds is 5. The number of benzene rings is 7. The molecule has 2 heteroatoms. The van der Waals surface area contributed by atoms with Gasteiger partial charge in [-0.25, -0.2) is 4.98 Å². The van der Waals surface area contributed by atoms with Gasteiger partial charge in [-0.3, -0.25) is 0 Å². The van der Waals surface area contributed by atoms with Crippen molar-refractivity contribution in [3.8, 4) is 55.8 Å². The smallest absolute Gasteiger partial charge is 0.0750 e. The zero-order chi connectivity index (χ0) is 34.6. The molecule has 8 aromatic rings. The largest absolute Gasteiger partial charge is 0.309 e. The summed E-state index contributed by atoms with van der Waals surface area (Å²) in [4.78, 5) is 5.48. The molecule has 2 aliphatic carbocycles. The van der Waals surface area contributed by atoms with E-state index < -0.39 is 0 Å². The zero-order valence-corrected chi connectivity index (χ0v) is 28.9. The summed E-state index contributed by atoms with van der Waals surface area (Å²) in [5, 5.41) is 14.9. The number of nitrogens with zero attached hydrogens (tertiary/aromatic N) is 1. The maximum atomic E-state index is 7.71. The van der Waals surface area contributed by atoms with E-state index in [4.69, 9.17) is 10.4 Å². The Morgan fingerprint density at radius 3 is 1.77 bits per heavy atom. The Bertz CT molecular complexity index is 2760. The highest BCUT2D eigenvalue weighted by Gasteiger charge is 2.31. The van der Waals surface area contributed by atoms with Gasteiger partial charge in [0.25, 0.3) is 0 Å². The fraction of sp³-hybridized carbons (Fsp3) is 0.0800. The molecule has 2 aliphatic rings. The summed E-state index contributed by atoms with van der Waals surface area (Å²) in [5.74, 6) is 0. The Kier molecular flexibility index (Phi) is 7.28. The zero-order valence-electron chi connectivity index (χ0n) is 28.9. The molecule has 246 valence electrons. The van der Waals surface area contributed by atoms with Gasteiger partial charge >= 0.3 is 0 Å². The van der Waals surface area contributed by atoms with Crippen molar-refractivity contribution in [1.29, 1.82) is 5.41 Å². The Labute approximate surface area is 303 Å². The number of fused-ring (bicyclic) bond motifs is 5. The molecular weight excluding hydrogens is 629 g/mol. The summed E-state index contributed by atoms with van der Waals surface area (Å²) in [7, 11) is 0. The summed E-state index contributed by atoms with van der Waals surface area (Å²) in [5.41, 5.74) is 16.4. The second-order valence-electron chi connectivity index (χ2n) is 14.0. The van der Waals surface area contributed by atoms with E-state index in [1.54, 1.807) is 0 Å². The van der Waals surface area contributed by atoms with Gasteiger partial charge in [-0.15, -0.1) is 0 Å². The van der Waals surface area contributed by atoms with Crippen LogP contribution in [0.25, 0.3) is 89.5 Å². The highest BCUT2D eigenvalue weighted by molar-refractivity contribution is 6.28. The lowest BCUT2D eigenvalue weighted by Gasteiger charge is -2.21. The average molecular weight is 665 g/mol. The van der Waals surface area contributed by atoms with Crippen LogP contribution in [0.3, 0.4) is 0 Å². The summed E-state index contributed by atoms with van der Waals surface area (Å²) < 4.78 is 0. The molecule has 0 atom stereocenters. The Morgan fingerprint density at radius 2 is 1.08 bits per heavy atom. The summed E-state index contributed by atoms with van der Waals surface area (Å²) >= 11 is 0. The van der Waals surface area contributed by atoms with Crippen molar-refractivity contribution in [2.24, 2.45) is 0 Å². The van der Waals surface area contributed by atoms with E-state index in [0.717, 1.165) is 34.7 Å². The predicted molar refractivity (Wildman–Crippen MR) is 219 cm³/mol. The van der Waals surface area contributed by atoms with Crippen LogP contribution in [0.1, 0.15) is 29.7 Å². The second kappa shape index (κ2) is 12.4. The van der Waals surface area contributed by atoms with E-state index in [1.807, 2.05) is 12.1 Å². The molecule has 0 aliphatic heterocycles. The molecule has 0 amide bonds. The molecule has 0 radical (unpaired) electrons. The molecule has 0 unspecified atom stereocenters. The number of hydrogen-bond acceptors (Lipinski definition) is 2. The predicted octanol–water partition coefficient (Wildman–Crippen LogP) is 11.2. The fourth-order valence-electron chi connectivity index (χ4n) is 8.92. The van der Waals surface area contributed by atoms with Crippen molar-refractivity contribution in [1.82, 2.24) is 4.98 Å². The maximum absolute atomic E-state index is 7.71. The summed E-state index contributed by atoms with van der Waals surface area (Å²) in [6.07, 6.45) is 9.89. The van der Waals surface area contributed by atoms with Gasteiger partial charge in [-0.2, -0.15) is 0 Å². The lowest BCUT2D eigenvalue weighted by atomic mass is 9.82. The van der Waals surface area contributed by atoms with Gasteiger partial charge in [-0.05, 0) is 132 Å².